The third-order valence-electron chi connectivity index (χ3n) is 3.27. The monoisotopic (exact) mass is 313 g/mol. The van der Waals surface area contributed by atoms with Crippen molar-refractivity contribution in [1.82, 2.24) is 25.7 Å². The van der Waals surface area contributed by atoms with Gasteiger partial charge < -0.3 is 14.6 Å². The van der Waals surface area contributed by atoms with Crippen LogP contribution < -0.4 is 10.1 Å². The smallest absolute Gasteiger partial charge is 0.270 e. The Morgan fingerprint density at radius 1 is 1.35 bits per heavy atom. The van der Waals surface area contributed by atoms with Crippen LogP contribution in [0, 0.1) is 6.92 Å². The van der Waals surface area contributed by atoms with E-state index in [0.717, 1.165) is 5.56 Å². The molecular weight excluding hydrogens is 298 g/mol. The summed E-state index contributed by atoms with van der Waals surface area (Å²) in [5.41, 5.74) is 1.06. The first-order chi connectivity index (χ1) is 11.2. The summed E-state index contributed by atoms with van der Waals surface area (Å²) in [5, 5.41) is 13.2. The van der Waals surface area contributed by atoms with Gasteiger partial charge >= 0.3 is 0 Å². The van der Waals surface area contributed by atoms with Crippen LogP contribution in [0.3, 0.4) is 0 Å². The minimum absolute atomic E-state index is 0.333. The third-order valence-corrected chi connectivity index (χ3v) is 3.27. The lowest BCUT2D eigenvalue weighted by atomic mass is 10.0. The van der Waals surface area contributed by atoms with Crippen molar-refractivity contribution in [3.8, 4) is 5.75 Å². The number of rotatable bonds is 5. The molecule has 8 heteroatoms. The molecule has 2 aromatic heterocycles. The fourth-order valence-electron chi connectivity index (χ4n) is 2.21. The molecule has 0 unspecified atom stereocenters. The van der Waals surface area contributed by atoms with Gasteiger partial charge in [0.05, 0.1) is 7.11 Å². The van der Waals surface area contributed by atoms with E-state index in [1.807, 2.05) is 18.2 Å². The molecule has 2 N–H and O–H groups in total. The Morgan fingerprint density at radius 2 is 2.17 bits per heavy atom. The van der Waals surface area contributed by atoms with E-state index in [1.165, 1.54) is 6.20 Å². The van der Waals surface area contributed by atoms with Gasteiger partial charge in [0.2, 0.25) is 5.89 Å². The number of hydrogen-bond acceptors (Lipinski definition) is 6. The highest BCUT2D eigenvalue weighted by atomic mass is 16.5. The minimum atomic E-state index is -0.612. The SMILES string of the molecule is COc1ccccc1[C@@H](NC(=O)c1ccn[nH]1)c1noc(C)n1. The Bertz CT molecular complexity index is 797. The van der Waals surface area contributed by atoms with Gasteiger partial charge in [-0.25, -0.2) is 0 Å². The maximum atomic E-state index is 12.4. The largest absolute Gasteiger partial charge is 0.496 e. The van der Waals surface area contributed by atoms with Crippen LogP contribution in [-0.4, -0.2) is 33.4 Å². The third kappa shape index (κ3) is 3.05. The molecule has 23 heavy (non-hydrogen) atoms. The lowest BCUT2D eigenvalue weighted by Crippen LogP contribution is -2.30. The molecule has 0 saturated heterocycles. The number of ether oxygens (including phenoxy) is 1. The summed E-state index contributed by atoms with van der Waals surface area (Å²) in [4.78, 5) is 16.6. The van der Waals surface area contributed by atoms with Crippen LogP contribution in [0.1, 0.15) is 33.8 Å². The molecule has 1 atom stereocenters. The summed E-state index contributed by atoms with van der Waals surface area (Å²) in [6.07, 6.45) is 1.51. The Kier molecular flexibility index (Phi) is 4.05. The summed E-state index contributed by atoms with van der Waals surface area (Å²) in [7, 11) is 1.56. The van der Waals surface area contributed by atoms with Crippen molar-refractivity contribution in [3.05, 3.63) is 59.5 Å². The van der Waals surface area contributed by atoms with Gasteiger partial charge in [-0.15, -0.1) is 0 Å². The van der Waals surface area contributed by atoms with Crippen molar-refractivity contribution < 1.29 is 14.1 Å². The van der Waals surface area contributed by atoms with Crippen LogP contribution in [0.4, 0.5) is 0 Å². The number of carbonyl (C=O) groups is 1. The predicted octanol–water partition coefficient (Wildman–Crippen LogP) is 1.63. The fraction of sp³-hybridized carbons (Fsp3) is 0.200. The fourth-order valence-corrected chi connectivity index (χ4v) is 2.21. The summed E-state index contributed by atoms with van der Waals surface area (Å²) in [6, 6.07) is 8.30. The normalized spacial score (nSPS) is 11.9. The molecule has 118 valence electrons. The van der Waals surface area contributed by atoms with E-state index in [1.54, 1.807) is 26.2 Å². The van der Waals surface area contributed by atoms with E-state index < -0.39 is 6.04 Å². The minimum Gasteiger partial charge on any atom is -0.496 e. The van der Waals surface area contributed by atoms with E-state index >= 15 is 0 Å². The van der Waals surface area contributed by atoms with Crippen molar-refractivity contribution in [2.24, 2.45) is 0 Å². The van der Waals surface area contributed by atoms with E-state index in [0.29, 0.717) is 23.2 Å². The standard InChI is InChI=1S/C15H15N5O3/c1-9-17-14(20-23-9)13(10-5-3-4-6-12(10)22-2)18-15(21)11-7-8-16-19-11/h3-8,13H,1-2H3,(H,16,19)(H,18,21)/t13-/m1/s1. The average molecular weight is 313 g/mol. The molecule has 0 aliphatic rings. The molecule has 3 aromatic rings. The molecular formula is C15H15N5O3. The average Bonchev–Trinajstić information content (AvgIpc) is 3.24. The molecule has 1 aromatic carbocycles. The van der Waals surface area contributed by atoms with Crippen molar-refractivity contribution in [2.75, 3.05) is 7.11 Å². The first kappa shape index (κ1) is 14.8. The number of H-pyrrole nitrogens is 1. The number of aromatic amines is 1. The number of amides is 1. The van der Waals surface area contributed by atoms with Crippen LogP contribution in [0.25, 0.3) is 0 Å². The zero-order valence-corrected chi connectivity index (χ0v) is 12.6. The maximum absolute atomic E-state index is 12.4. The van der Waals surface area contributed by atoms with Crippen molar-refractivity contribution in [2.45, 2.75) is 13.0 Å². The number of aromatic nitrogens is 4. The quantitative estimate of drug-likeness (QED) is 0.741. The Labute approximate surface area is 131 Å². The van der Waals surface area contributed by atoms with Gasteiger partial charge in [0.1, 0.15) is 17.5 Å². The van der Waals surface area contributed by atoms with E-state index in [4.69, 9.17) is 9.26 Å². The van der Waals surface area contributed by atoms with Crippen LogP contribution in [0.15, 0.2) is 41.1 Å². The van der Waals surface area contributed by atoms with Crippen LogP contribution in [-0.2, 0) is 0 Å². The van der Waals surface area contributed by atoms with Gasteiger partial charge in [0, 0.05) is 18.7 Å². The molecule has 3 rings (SSSR count). The second-order valence-electron chi connectivity index (χ2n) is 4.79. The zero-order valence-electron chi connectivity index (χ0n) is 12.6. The highest BCUT2D eigenvalue weighted by Gasteiger charge is 2.25. The van der Waals surface area contributed by atoms with Crippen LogP contribution in [0.5, 0.6) is 5.75 Å². The molecule has 0 aliphatic heterocycles. The van der Waals surface area contributed by atoms with Gasteiger partial charge in [0.15, 0.2) is 5.82 Å². The molecule has 1 amide bonds. The maximum Gasteiger partial charge on any atom is 0.270 e. The summed E-state index contributed by atoms with van der Waals surface area (Å²) in [6.45, 7) is 1.69. The highest BCUT2D eigenvalue weighted by Crippen LogP contribution is 2.28. The lowest BCUT2D eigenvalue weighted by Gasteiger charge is -2.18. The molecule has 0 fully saturated rings. The molecule has 0 radical (unpaired) electrons. The van der Waals surface area contributed by atoms with Gasteiger partial charge in [-0.05, 0) is 12.1 Å². The second-order valence-corrected chi connectivity index (χ2v) is 4.79. The summed E-state index contributed by atoms with van der Waals surface area (Å²) in [5.74, 6) is 1.04. The van der Waals surface area contributed by atoms with Gasteiger partial charge in [-0.3, -0.25) is 9.89 Å². The van der Waals surface area contributed by atoms with Crippen LogP contribution >= 0.6 is 0 Å². The van der Waals surface area contributed by atoms with Gasteiger partial charge in [0.25, 0.3) is 5.91 Å². The molecule has 8 nitrogen and oxygen atoms in total. The molecule has 0 aliphatic carbocycles. The topological polar surface area (TPSA) is 106 Å². The number of methoxy groups -OCH3 is 1. The van der Waals surface area contributed by atoms with Gasteiger partial charge in [-0.2, -0.15) is 10.1 Å². The highest BCUT2D eigenvalue weighted by molar-refractivity contribution is 5.92. The lowest BCUT2D eigenvalue weighted by molar-refractivity contribution is 0.0935. The summed E-state index contributed by atoms with van der Waals surface area (Å²) < 4.78 is 10.4. The number of nitrogens with zero attached hydrogens (tertiary/aromatic N) is 3. The van der Waals surface area contributed by atoms with E-state index in [9.17, 15) is 4.79 Å². The second kappa shape index (κ2) is 6.30. The Morgan fingerprint density at radius 3 is 2.83 bits per heavy atom. The Balaban J connectivity index is 1.99. The molecule has 0 spiro atoms. The molecule has 0 bridgehead atoms. The van der Waals surface area contributed by atoms with Crippen LogP contribution in [0.2, 0.25) is 0 Å². The molecule has 0 saturated carbocycles. The number of carbonyl (C=O) groups excluding carboxylic acids is 1. The summed E-state index contributed by atoms with van der Waals surface area (Å²) >= 11 is 0. The van der Waals surface area contributed by atoms with E-state index in [-0.39, 0.29) is 5.91 Å². The molecule has 2 heterocycles. The number of benzene rings is 1. The number of hydrogen-bond donors (Lipinski definition) is 2. The first-order valence-corrected chi connectivity index (χ1v) is 6.92. The van der Waals surface area contributed by atoms with Gasteiger partial charge in [-0.1, -0.05) is 23.4 Å². The number of aryl methyl sites for hydroxylation is 1. The zero-order chi connectivity index (χ0) is 16.2. The number of para-hydroxylation sites is 1. The van der Waals surface area contributed by atoms with Crippen molar-refractivity contribution in [1.29, 1.82) is 0 Å². The number of nitrogens with one attached hydrogen (secondary N) is 2. The van der Waals surface area contributed by atoms with E-state index in [2.05, 4.69) is 25.7 Å². The van der Waals surface area contributed by atoms with Crippen molar-refractivity contribution in [3.63, 3.8) is 0 Å². The Hall–Kier alpha value is -3.16. The first-order valence-electron chi connectivity index (χ1n) is 6.92. The van der Waals surface area contributed by atoms with Crippen molar-refractivity contribution >= 4 is 5.91 Å². The predicted molar refractivity (Wildman–Crippen MR) is 79.9 cm³/mol.